The first kappa shape index (κ1) is 24.0. The van der Waals surface area contributed by atoms with Gasteiger partial charge >= 0.3 is 6.09 Å². The first-order valence-electron chi connectivity index (χ1n) is 9.55. The van der Waals surface area contributed by atoms with Gasteiger partial charge in [-0.25, -0.2) is 17.9 Å². The van der Waals surface area contributed by atoms with Crippen molar-refractivity contribution in [2.75, 3.05) is 30.4 Å². The molecule has 0 saturated heterocycles. The maximum atomic E-state index is 12.3. The van der Waals surface area contributed by atoms with Gasteiger partial charge in [0.2, 0.25) is 15.9 Å². The number of anilines is 2. The minimum Gasteiger partial charge on any atom is -0.449 e. The van der Waals surface area contributed by atoms with E-state index in [0.29, 0.717) is 16.9 Å². The number of rotatable bonds is 9. The van der Waals surface area contributed by atoms with Gasteiger partial charge in [-0.05, 0) is 50.2 Å². The summed E-state index contributed by atoms with van der Waals surface area (Å²) < 4.78 is 31.8. The van der Waals surface area contributed by atoms with E-state index in [1.165, 1.54) is 36.1 Å². The molecule has 0 aliphatic carbocycles. The molecule has 31 heavy (non-hydrogen) atoms. The van der Waals surface area contributed by atoms with Gasteiger partial charge in [-0.2, -0.15) is 0 Å². The van der Waals surface area contributed by atoms with Gasteiger partial charge in [0.05, 0.1) is 11.5 Å². The first-order valence-corrected chi connectivity index (χ1v) is 11.0. The van der Waals surface area contributed by atoms with Gasteiger partial charge in [-0.3, -0.25) is 14.5 Å². The van der Waals surface area contributed by atoms with Gasteiger partial charge in [-0.1, -0.05) is 12.1 Å². The summed E-state index contributed by atoms with van der Waals surface area (Å²) in [6, 6.07) is 12.1. The molecule has 0 heterocycles. The molecule has 0 aliphatic rings. The molecule has 0 aliphatic heterocycles. The Morgan fingerprint density at radius 3 is 2.16 bits per heavy atom. The molecule has 2 aromatic rings. The molecule has 2 amide bonds. The highest BCUT2D eigenvalue weighted by Gasteiger charge is 2.15. The van der Waals surface area contributed by atoms with Crippen LogP contribution in [0.4, 0.5) is 16.2 Å². The fourth-order valence-corrected chi connectivity index (χ4v) is 3.60. The second-order valence-corrected chi connectivity index (χ2v) is 8.35. The zero-order valence-electron chi connectivity index (χ0n) is 17.5. The molecule has 0 aromatic heterocycles. The van der Waals surface area contributed by atoms with Crippen molar-refractivity contribution in [3.63, 3.8) is 0 Å². The molecule has 2 N–H and O–H groups in total. The summed E-state index contributed by atoms with van der Waals surface area (Å²) in [6.45, 7) is 3.29. The van der Waals surface area contributed by atoms with Crippen molar-refractivity contribution in [3.8, 4) is 0 Å². The number of hydrogen-bond donors (Lipinski definition) is 2. The lowest BCUT2D eigenvalue weighted by Crippen LogP contribution is -2.28. The third-order valence-electron chi connectivity index (χ3n) is 4.30. The molecule has 0 bridgehead atoms. The van der Waals surface area contributed by atoms with E-state index in [0.717, 1.165) is 0 Å². The monoisotopic (exact) mass is 447 g/mol. The highest BCUT2D eigenvalue weighted by Crippen LogP contribution is 2.18. The zero-order valence-corrected chi connectivity index (χ0v) is 18.4. The summed E-state index contributed by atoms with van der Waals surface area (Å²) in [4.78, 5) is 36.4. The van der Waals surface area contributed by atoms with E-state index in [2.05, 4.69) is 10.0 Å². The number of hydrogen-bond acceptors (Lipinski definition) is 6. The Morgan fingerprint density at radius 2 is 1.61 bits per heavy atom. The molecular formula is C21H25N3O6S. The van der Waals surface area contributed by atoms with Crippen molar-refractivity contribution < 1.29 is 27.5 Å². The number of nitrogens with zero attached hydrogens (tertiary/aromatic N) is 1. The SMILES string of the molecule is CCOC(=O)N(C)c1ccc(NC(=O)CCNS(=O)(=O)c2ccc(C(C)=O)cc2)cc1. The lowest BCUT2D eigenvalue weighted by Gasteiger charge is -2.17. The maximum absolute atomic E-state index is 12.3. The number of sulfonamides is 1. The van der Waals surface area contributed by atoms with Crippen LogP contribution in [0.3, 0.4) is 0 Å². The van der Waals surface area contributed by atoms with Crippen molar-refractivity contribution in [3.05, 3.63) is 54.1 Å². The maximum Gasteiger partial charge on any atom is 0.413 e. The Hall–Kier alpha value is -3.24. The van der Waals surface area contributed by atoms with E-state index in [1.807, 2.05) is 0 Å². The van der Waals surface area contributed by atoms with Crippen molar-refractivity contribution in [1.82, 2.24) is 4.72 Å². The van der Waals surface area contributed by atoms with E-state index in [9.17, 15) is 22.8 Å². The van der Waals surface area contributed by atoms with E-state index >= 15 is 0 Å². The second kappa shape index (κ2) is 10.7. The predicted octanol–water partition coefficient (Wildman–Crippen LogP) is 2.79. The van der Waals surface area contributed by atoms with Gasteiger partial charge in [0, 0.05) is 37.0 Å². The minimum absolute atomic E-state index is 0.0132. The number of benzene rings is 2. The number of carbonyl (C=O) groups is 3. The Balaban J connectivity index is 1.86. The van der Waals surface area contributed by atoms with Gasteiger partial charge in [0.15, 0.2) is 5.78 Å². The molecule has 166 valence electrons. The third kappa shape index (κ3) is 6.90. The lowest BCUT2D eigenvalue weighted by atomic mass is 10.2. The van der Waals surface area contributed by atoms with Crippen LogP contribution in [-0.2, 0) is 19.6 Å². The molecule has 0 unspecified atom stereocenters. The van der Waals surface area contributed by atoms with Crippen LogP contribution >= 0.6 is 0 Å². The van der Waals surface area contributed by atoms with Crippen LogP contribution in [0.5, 0.6) is 0 Å². The predicted molar refractivity (Wildman–Crippen MR) is 117 cm³/mol. The number of nitrogens with one attached hydrogen (secondary N) is 2. The average Bonchev–Trinajstić information content (AvgIpc) is 2.74. The summed E-state index contributed by atoms with van der Waals surface area (Å²) in [7, 11) is -2.22. The molecule has 0 saturated carbocycles. The quantitative estimate of drug-likeness (QED) is 0.570. The fourth-order valence-electron chi connectivity index (χ4n) is 2.57. The van der Waals surface area contributed by atoms with E-state index in [-0.39, 0.29) is 36.2 Å². The smallest absolute Gasteiger partial charge is 0.413 e. The Kier molecular flexibility index (Phi) is 8.29. The topological polar surface area (TPSA) is 122 Å². The highest BCUT2D eigenvalue weighted by atomic mass is 32.2. The second-order valence-electron chi connectivity index (χ2n) is 6.58. The number of amides is 2. The minimum atomic E-state index is -3.79. The number of Topliss-reactive ketones (excluding diaryl/α,β-unsaturated/α-hetero) is 1. The van der Waals surface area contributed by atoms with Crippen molar-refractivity contribution in [1.29, 1.82) is 0 Å². The Labute approximate surface area is 181 Å². The molecule has 2 aromatic carbocycles. The largest absolute Gasteiger partial charge is 0.449 e. The molecule has 0 spiro atoms. The van der Waals surface area contributed by atoms with E-state index < -0.39 is 16.1 Å². The summed E-state index contributed by atoms with van der Waals surface area (Å²) in [5.74, 6) is -0.532. The zero-order chi connectivity index (χ0) is 23.0. The van der Waals surface area contributed by atoms with Crippen molar-refractivity contribution >= 4 is 39.2 Å². The molecule has 10 heteroatoms. The van der Waals surface area contributed by atoms with Crippen molar-refractivity contribution in [2.45, 2.75) is 25.2 Å². The Bertz CT molecular complexity index is 1030. The molecule has 0 atom stereocenters. The number of ketones is 1. The standard InChI is InChI=1S/C21H25N3O6S/c1-4-30-21(27)24(3)18-9-7-17(8-10-18)23-20(26)13-14-22-31(28,29)19-11-5-16(6-12-19)15(2)25/h5-12,22H,4,13-14H2,1-3H3,(H,23,26). The van der Waals surface area contributed by atoms with Gasteiger partial charge in [0.1, 0.15) is 0 Å². The molecule has 0 radical (unpaired) electrons. The van der Waals surface area contributed by atoms with Gasteiger partial charge in [-0.15, -0.1) is 0 Å². The van der Waals surface area contributed by atoms with Crippen molar-refractivity contribution in [2.24, 2.45) is 0 Å². The van der Waals surface area contributed by atoms with E-state index in [1.54, 1.807) is 38.2 Å². The summed E-state index contributed by atoms with van der Waals surface area (Å²) in [5, 5.41) is 2.66. The summed E-state index contributed by atoms with van der Waals surface area (Å²) in [5.41, 5.74) is 1.52. The lowest BCUT2D eigenvalue weighted by molar-refractivity contribution is -0.116. The molecular weight excluding hydrogens is 422 g/mol. The molecule has 2 rings (SSSR count). The fraction of sp³-hybridized carbons (Fsp3) is 0.286. The first-order chi connectivity index (χ1) is 14.6. The summed E-state index contributed by atoms with van der Waals surface area (Å²) in [6.07, 6.45) is -0.558. The highest BCUT2D eigenvalue weighted by molar-refractivity contribution is 7.89. The average molecular weight is 448 g/mol. The molecule has 0 fully saturated rings. The number of ether oxygens (including phenoxy) is 1. The number of carbonyl (C=O) groups excluding carboxylic acids is 3. The summed E-state index contributed by atoms with van der Waals surface area (Å²) >= 11 is 0. The van der Waals surface area contributed by atoms with Gasteiger partial charge in [0.25, 0.3) is 0 Å². The third-order valence-corrected chi connectivity index (χ3v) is 5.77. The van der Waals surface area contributed by atoms with Gasteiger partial charge < -0.3 is 10.1 Å². The van der Waals surface area contributed by atoms with Crippen LogP contribution < -0.4 is 14.9 Å². The van der Waals surface area contributed by atoms with Crippen LogP contribution in [0.2, 0.25) is 0 Å². The van der Waals surface area contributed by atoms with Crippen LogP contribution in [-0.4, -0.2) is 46.4 Å². The van der Waals surface area contributed by atoms with E-state index in [4.69, 9.17) is 4.74 Å². The van der Waals surface area contributed by atoms with Crippen LogP contribution in [0.1, 0.15) is 30.6 Å². The van der Waals surface area contributed by atoms with Crippen LogP contribution in [0, 0.1) is 0 Å². The Morgan fingerprint density at radius 1 is 1.00 bits per heavy atom. The molecule has 9 nitrogen and oxygen atoms in total. The van der Waals surface area contributed by atoms with Crippen LogP contribution in [0.15, 0.2) is 53.4 Å². The normalized spacial score (nSPS) is 10.9. The van der Waals surface area contributed by atoms with Crippen LogP contribution in [0.25, 0.3) is 0 Å².